The Morgan fingerprint density at radius 3 is 2.24 bits per heavy atom. The summed E-state index contributed by atoms with van der Waals surface area (Å²) in [4.78, 5) is 29.4. The number of nitrogens with zero attached hydrogens (tertiary/aromatic N) is 2. The van der Waals surface area contributed by atoms with Crippen LogP contribution in [0.25, 0.3) is 0 Å². The maximum atomic E-state index is 14.2. The number of ether oxygens (including phenoxy) is 2. The molecule has 1 N–H and O–H groups in total. The van der Waals surface area contributed by atoms with Gasteiger partial charge in [0.2, 0.25) is 21.8 Å². The van der Waals surface area contributed by atoms with Crippen molar-refractivity contribution in [3.63, 3.8) is 0 Å². The van der Waals surface area contributed by atoms with E-state index in [0.717, 1.165) is 16.1 Å². The lowest BCUT2D eigenvalue weighted by molar-refractivity contribution is -0.140. The van der Waals surface area contributed by atoms with Crippen LogP contribution in [0.1, 0.15) is 31.9 Å². The van der Waals surface area contributed by atoms with E-state index < -0.39 is 34.1 Å². The maximum Gasteiger partial charge on any atom is 0.244 e. The molecule has 42 heavy (non-hydrogen) atoms. The predicted molar refractivity (Wildman–Crippen MR) is 163 cm³/mol. The zero-order chi connectivity index (χ0) is 30.5. The van der Waals surface area contributed by atoms with Gasteiger partial charge in [-0.1, -0.05) is 54.1 Å². The fraction of sp³-hybridized carbons (Fsp3) is 0.355. The summed E-state index contributed by atoms with van der Waals surface area (Å²) < 4.78 is 38.3. The highest BCUT2D eigenvalue weighted by Gasteiger charge is 2.34. The lowest BCUT2D eigenvalue weighted by atomic mass is 10.0. The highest BCUT2D eigenvalue weighted by molar-refractivity contribution is 7.92. The van der Waals surface area contributed by atoms with Crippen LogP contribution < -0.4 is 19.1 Å². The van der Waals surface area contributed by atoms with Gasteiger partial charge in [0.05, 0.1) is 11.9 Å². The molecule has 9 nitrogen and oxygen atoms in total. The van der Waals surface area contributed by atoms with Gasteiger partial charge in [0.25, 0.3) is 0 Å². The number of hydrogen-bond acceptors (Lipinski definition) is 6. The van der Waals surface area contributed by atoms with E-state index in [9.17, 15) is 18.0 Å². The van der Waals surface area contributed by atoms with E-state index in [2.05, 4.69) is 5.32 Å². The van der Waals surface area contributed by atoms with Crippen molar-refractivity contribution in [3.05, 3.63) is 88.9 Å². The molecule has 3 aromatic rings. The number of benzene rings is 3. The molecule has 1 atom stereocenters. The Hall–Kier alpha value is -3.76. The molecular formula is C31H36ClN3O6S. The molecule has 224 valence electrons. The minimum atomic E-state index is -3.92. The third-order valence-electron chi connectivity index (χ3n) is 6.50. The molecule has 3 aromatic carbocycles. The third kappa shape index (κ3) is 8.39. The molecule has 0 bridgehead atoms. The number of hydrogen-bond donors (Lipinski definition) is 1. The minimum absolute atomic E-state index is 0.0349. The number of carbonyl (C=O) groups is 2. The molecule has 1 heterocycles. The van der Waals surface area contributed by atoms with Crippen LogP contribution in [0, 0.1) is 0 Å². The quantitative estimate of drug-likeness (QED) is 0.363. The van der Waals surface area contributed by atoms with E-state index in [1.54, 1.807) is 30.3 Å². The van der Waals surface area contributed by atoms with Crippen molar-refractivity contribution in [2.24, 2.45) is 0 Å². The van der Waals surface area contributed by atoms with E-state index in [1.165, 1.54) is 11.0 Å². The predicted octanol–water partition coefficient (Wildman–Crippen LogP) is 4.43. The number of nitrogens with one attached hydrogen (secondary N) is 1. The summed E-state index contributed by atoms with van der Waals surface area (Å²) in [5.74, 6) is -0.0245. The SMILES string of the molecule is CC(C)(C)NC(=O)C(Cc1ccccc1)N(Cc1cccc(Cl)c1)C(=O)CN(c1ccc2c(c1)OCCO2)S(C)(=O)=O. The first-order valence-corrected chi connectivity index (χ1v) is 15.8. The highest BCUT2D eigenvalue weighted by Crippen LogP contribution is 2.35. The van der Waals surface area contributed by atoms with Crippen LogP contribution in [0.2, 0.25) is 5.02 Å². The number of anilines is 1. The fourth-order valence-electron chi connectivity index (χ4n) is 4.64. The van der Waals surface area contributed by atoms with Crippen molar-refractivity contribution in [1.29, 1.82) is 0 Å². The molecule has 0 aromatic heterocycles. The molecule has 1 aliphatic rings. The minimum Gasteiger partial charge on any atom is -0.486 e. The molecule has 11 heteroatoms. The van der Waals surface area contributed by atoms with Crippen molar-refractivity contribution < 1.29 is 27.5 Å². The van der Waals surface area contributed by atoms with Gasteiger partial charge in [0, 0.05) is 29.6 Å². The Kier molecular flexibility index (Phi) is 9.68. The lowest BCUT2D eigenvalue weighted by Crippen LogP contribution is -2.56. The summed E-state index contributed by atoms with van der Waals surface area (Å²) in [6.45, 7) is 5.80. The van der Waals surface area contributed by atoms with Gasteiger partial charge in [0.1, 0.15) is 25.8 Å². The first kappa shape index (κ1) is 31.2. The van der Waals surface area contributed by atoms with Crippen molar-refractivity contribution in [2.75, 3.05) is 30.3 Å². The van der Waals surface area contributed by atoms with Gasteiger partial charge in [-0.15, -0.1) is 0 Å². The molecule has 0 saturated carbocycles. The van der Waals surface area contributed by atoms with Gasteiger partial charge in [0.15, 0.2) is 11.5 Å². The Morgan fingerprint density at radius 1 is 0.929 bits per heavy atom. The number of amides is 2. The number of sulfonamides is 1. The average Bonchev–Trinajstić information content (AvgIpc) is 2.92. The van der Waals surface area contributed by atoms with Crippen molar-refractivity contribution in [3.8, 4) is 11.5 Å². The number of rotatable bonds is 10. The van der Waals surface area contributed by atoms with E-state index in [-0.39, 0.29) is 24.6 Å². The zero-order valence-corrected chi connectivity index (χ0v) is 25.7. The molecular weight excluding hydrogens is 578 g/mol. The second-order valence-corrected chi connectivity index (χ2v) is 13.5. The summed E-state index contributed by atoms with van der Waals surface area (Å²) in [7, 11) is -3.92. The Morgan fingerprint density at radius 2 is 1.60 bits per heavy atom. The topological polar surface area (TPSA) is 105 Å². The van der Waals surface area contributed by atoms with E-state index >= 15 is 0 Å². The molecule has 1 unspecified atom stereocenters. The zero-order valence-electron chi connectivity index (χ0n) is 24.2. The van der Waals surface area contributed by atoms with Crippen LogP contribution in [0.15, 0.2) is 72.8 Å². The van der Waals surface area contributed by atoms with Gasteiger partial charge in [-0.3, -0.25) is 13.9 Å². The number of fused-ring (bicyclic) bond motifs is 1. The summed E-state index contributed by atoms with van der Waals surface area (Å²) in [6.07, 6.45) is 1.25. The van der Waals surface area contributed by atoms with Gasteiger partial charge >= 0.3 is 0 Å². The molecule has 2 amide bonds. The molecule has 0 fully saturated rings. The summed E-state index contributed by atoms with van der Waals surface area (Å²) in [5.41, 5.74) is 1.22. The molecule has 0 aliphatic carbocycles. The van der Waals surface area contributed by atoms with E-state index in [1.807, 2.05) is 57.2 Å². The molecule has 0 saturated heterocycles. The monoisotopic (exact) mass is 613 g/mol. The maximum absolute atomic E-state index is 14.2. The van der Waals surface area contributed by atoms with E-state index in [0.29, 0.717) is 35.3 Å². The molecule has 0 radical (unpaired) electrons. The lowest BCUT2D eigenvalue weighted by Gasteiger charge is -2.35. The van der Waals surface area contributed by atoms with Crippen LogP contribution in [0.5, 0.6) is 11.5 Å². The molecule has 4 rings (SSSR count). The van der Waals surface area contributed by atoms with Gasteiger partial charge in [-0.2, -0.15) is 0 Å². The molecule has 0 spiro atoms. The highest BCUT2D eigenvalue weighted by atomic mass is 35.5. The first-order valence-electron chi connectivity index (χ1n) is 13.6. The second kappa shape index (κ2) is 13.0. The Balaban J connectivity index is 1.74. The number of halogens is 1. The first-order chi connectivity index (χ1) is 19.8. The van der Waals surface area contributed by atoms with Crippen LogP contribution in [0.3, 0.4) is 0 Å². The summed E-state index contributed by atoms with van der Waals surface area (Å²) >= 11 is 6.26. The third-order valence-corrected chi connectivity index (χ3v) is 7.88. The van der Waals surface area contributed by atoms with E-state index in [4.69, 9.17) is 21.1 Å². The van der Waals surface area contributed by atoms with Crippen LogP contribution >= 0.6 is 11.6 Å². The largest absolute Gasteiger partial charge is 0.486 e. The van der Waals surface area contributed by atoms with Gasteiger partial charge in [-0.25, -0.2) is 8.42 Å². The van der Waals surface area contributed by atoms with Crippen molar-refractivity contribution in [1.82, 2.24) is 10.2 Å². The van der Waals surface area contributed by atoms with Crippen LogP contribution in [0.4, 0.5) is 5.69 Å². The summed E-state index contributed by atoms with van der Waals surface area (Å²) in [5, 5.41) is 3.48. The van der Waals surface area contributed by atoms with Crippen molar-refractivity contribution >= 4 is 39.1 Å². The smallest absolute Gasteiger partial charge is 0.244 e. The Labute approximate surface area is 252 Å². The second-order valence-electron chi connectivity index (χ2n) is 11.2. The molecule has 1 aliphatic heterocycles. The van der Waals surface area contributed by atoms with Gasteiger partial charge in [-0.05, 0) is 56.2 Å². The Bertz CT molecular complexity index is 1530. The fourth-order valence-corrected chi connectivity index (χ4v) is 5.69. The van der Waals surface area contributed by atoms with Crippen LogP contribution in [-0.2, 0) is 32.6 Å². The average molecular weight is 614 g/mol. The summed E-state index contributed by atoms with van der Waals surface area (Å²) in [6, 6.07) is 20.2. The standard InChI is InChI=1S/C31H36ClN3O6S/c1-31(2,3)33-30(37)26(18-22-9-6-5-7-10-22)34(20-23-11-8-12-24(32)17-23)29(36)21-35(42(4,38)39)25-13-14-27-28(19-25)41-16-15-40-27/h5-14,17,19,26H,15-16,18,20-21H2,1-4H3,(H,33,37). The normalized spacial score (nSPS) is 13.6. The van der Waals surface area contributed by atoms with Gasteiger partial charge < -0.3 is 19.7 Å². The van der Waals surface area contributed by atoms with Crippen LogP contribution in [-0.4, -0.2) is 62.7 Å². The number of carbonyl (C=O) groups excluding carboxylic acids is 2. The van der Waals surface area contributed by atoms with Crippen molar-refractivity contribution in [2.45, 2.75) is 45.3 Å².